The number of anilines is 1. The lowest BCUT2D eigenvalue weighted by Crippen LogP contribution is -2.23. The van der Waals surface area contributed by atoms with Crippen LogP contribution in [0.2, 0.25) is 0 Å². The van der Waals surface area contributed by atoms with Crippen molar-refractivity contribution in [3.05, 3.63) is 63.6 Å². The number of carboxylic acid groups (broad SMARTS) is 1. The first-order valence-corrected chi connectivity index (χ1v) is 11.1. The van der Waals surface area contributed by atoms with Crippen molar-refractivity contribution in [1.82, 2.24) is 4.90 Å². The number of rotatable bonds is 4. The molecule has 4 rings (SSSR count). The number of aryl methyl sites for hydroxylation is 1. The van der Waals surface area contributed by atoms with Crippen molar-refractivity contribution in [3.63, 3.8) is 0 Å². The number of aromatic carboxylic acids is 1. The van der Waals surface area contributed by atoms with Crippen LogP contribution in [0.5, 0.6) is 0 Å². The van der Waals surface area contributed by atoms with Gasteiger partial charge >= 0.3 is 5.97 Å². The van der Waals surface area contributed by atoms with Crippen LogP contribution in [-0.2, 0) is 4.79 Å². The van der Waals surface area contributed by atoms with E-state index >= 15 is 0 Å². The first kappa shape index (κ1) is 21.2. The highest BCUT2D eigenvalue weighted by Gasteiger charge is 2.30. The number of thioether (sulfide) groups is 1. The number of carbonyl (C=O) groups excluding carboxylic acids is 1. The molecule has 7 heteroatoms. The minimum atomic E-state index is -0.989. The average molecular weight is 436 g/mol. The Kier molecular flexibility index (Phi) is 5.87. The van der Waals surface area contributed by atoms with Crippen molar-refractivity contribution in [2.45, 2.75) is 26.7 Å². The number of nitrogens with zero attached hydrogens (tertiary/aromatic N) is 3. The van der Waals surface area contributed by atoms with Gasteiger partial charge in [0.25, 0.3) is 5.91 Å². The van der Waals surface area contributed by atoms with Gasteiger partial charge in [-0.3, -0.25) is 9.69 Å². The van der Waals surface area contributed by atoms with E-state index in [9.17, 15) is 14.7 Å². The molecule has 1 amide bonds. The standard InChI is InChI=1S/C24H25N3O3S/c1-15-13-18(27-11-4-5-12-27)10-9-17(15)14-21-22(28)26(3)24(31-21)25-20-8-6-7-19(16(20)2)23(29)30/h6-10,13-14H,4-5,11-12H2,1-3H3,(H,29,30)/b21-14-,25-24?. The first-order chi connectivity index (χ1) is 14.8. The van der Waals surface area contributed by atoms with Gasteiger partial charge in [-0.15, -0.1) is 0 Å². The Morgan fingerprint density at radius 1 is 1.16 bits per heavy atom. The molecule has 0 radical (unpaired) electrons. The third-order valence-corrected chi connectivity index (χ3v) is 6.83. The van der Waals surface area contributed by atoms with Crippen molar-refractivity contribution in [2.24, 2.45) is 4.99 Å². The Morgan fingerprint density at radius 2 is 1.90 bits per heavy atom. The minimum Gasteiger partial charge on any atom is -0.478 e. The molecule has 0 bridgehead atoms. The maximum Gasteiger partial charge on any atom is 0.336 e. The fraction of sp³-hybridized carbons (Fsp3) is 0.292. The van der Waals surface area contributed by atoms with Gasteiger partial charge in [-0.25, -0.2) is 9.79 Å². The third kappa shape index (κ3) is 4.23. The Labute approximate surface area is 186 Å². The number of benzene rings is 2. The Hall–Kier alpha value is -3.06. The summed E-state index contributed by atoms with van der Waals surface area (Å²) in [6, 6.07) is 11.4. The van der Waals surface area contributed by atoms with Crippen LogP contribution in [0.25, 0.3) is 6.08 Å². The van der Waals surface area contributed by atoms with Gasteiger partial charge in [0.15, 0.2) is 5.17 Å². The van der Waals surface area contributed by atoms with Crippen LogP contribution < -0.4 is 4.90 Å². The number of aliphatic imine (C=N–C) groups is 1. The number of hydrogen-bond acceptors (Lipinski definition) is 5. The van der Waals surface area contributed by atoms with Gasteiger partial charge in [-0.1, -0.05) is 12.1 Å². The number of likely N-dealkylation sites (N-methyl/N-ethyl adjacent to an activating group) is 1. The van der Waals surface area contributed by atoms with Gasteiger partial charge in [0.1, 0.15) is 0 Å². The van der Waals surface area contributed by atoms with Gasteiger partial charge in [0, 0.05) is 25.8 Å². The van der Waals surface area contributed by atoms with Gasteiger partial charge in [0.05, 0.1) is 16.2 Å². The monoisotopic (exact) mass is 435 g/mol. The number of amides is 1. The summed E-state index contributed by atoms with van der Waals surface area (Å²) in [7, 11) is 1.69. The minimum absolute atomic E-state index is 0.112. The topological polar surface area (TPSA) is 73.2 Å². The molecule has 2 saturated heterocycles. The van der Waals surface area contributed by atoms with Gasteiger partial charge in [-0.2, -0.15) is 0 Å². The maximum absolute atomic E-state index is 12.8. The number of amidine groups is 1. The largest absolute Gasteiger partial charge is 0.478 e. The summed E-state index contributed by atoms with van der Waals surface area (Å²) in [5, 5.41) is 9.87. The number of hydrogen-bond donors (Lipinski definition) is 1. The lowest BCUT2D eigenvalue weighted by Gasteiger charge is -2.18. The molecule has 0 unspecified atom stereocenters. The second-order valence-electron chi connectivity index (χ2n) is 7.86. The normalized spacial score (nSPS) is 19.1. The van der Waals surface area contributed by atoms with E-state index in [1.807, 2.05) is 6.08 Å². The molecule has 2 aromatic rings. The molecule has 160 valence electrons. The molecule has 2 aromatic carbocycles. The van der Waals surface area contributed by atoms with Crippen molar-refractivity contribution < 1.29 is 14.7 Å². The zero-order valence-electron chi connectivity index (χ0n) is 17.9. The Bertz CT molecular complexity index is 1120. The molecule has 0 aliphatic carbocycles. The summed E-state index contributed by atoms with van der Waals surface area (Å²) in [4.78, 5) is 33.3. The summed E-state index contributed by atoms with van der Waals surface area (Å²) in [6.07, 6.45) is 4.38. The van der Waals surface area contributed by atoms with Crippen LogP contribution >= 0.6 is 11.8 Å². The van der Waals surface area contributed by atoms with Crippen LogP contribution in [0.1, 0.15) is 39.9 Å². The third-order valence-electron chi connectivity index (χ3n) is 5.77. The zero-order chi connectivity index (χ0) is 22.1. The van der Waals surface area contributed by atoms with E-state index in [0.717, 1.165) is 24.2 Å². The van der Waals surface area contributed by atoms with E-state index in [4.69, 9.17) is 0 Å². The lowest BCUT2D eigenvalue weighted by molar-refractivity contribution is -0.121. The predicted molar refractivity (Wildman–Crippen MR) is 126 cm³/mol. The molecular formula is C24H25N3O3S. The summed E-state index contributed by atoms with van der Waals surface area (Å²) in [6.45, 7) is 5.99. The predicted octanol–water partition coefficient (Wildman–Crippen LogP) is 4.84. The Balaban J connectivity index is 1.61. The molecule has 2 aliphatic rings. The van der Waals surface area contributed by atoms with E-state index in [-0.39, 0.29) is 11.5 Å². The van der Waals surface area contributed by atoms with Gasteiger partial charge < -0.3 is 10.0 Å². The second-order valence-corrected chi connectivity index (χ2v) is 8.87. The van der Waals surface area contributed by atoms with E-state index < -0.39 is 5.97 Å². The summed E-state index contributed by atoms with van der Waals surface area (Å²) >= 11 is 1.31. The van der Waals surface area contributed by atoms with Crippen molar-refractivity contribution >= 4 is 46.3 Å². The molecule has 2 heterocycles. The molecule has 0 spiro atoms. The van der Waals surface area contributed by atoms with Gasteiger partial charge in [0.2, 0.25) is 0 Å². The fourth-order valence-electron chi connectivity index (χ4n) is 3.87. The van der Waals surface area contributed by atoms with Crippen LogP contribution in [0.3, 0.4) is 0 Å². The molecule has 0 aromatic heterocycles. The Morgan fingerprint density at radius 3 is 2.58 bits per heavy atom. The number of carbonyl (C=O) groups is 2. The van der Waals surface area contributed by atoms with Crippen molar-refractivity contribution in [2.75, 3.05) is 25.0 Å². The molecule has 31 heavy (non-hydrogen) atoms. The summed E-state index contributed by atoms with van der Waals surface area (Å²) in [5.74, 6) is -1.10. The molecule has 0 saturated carbocycles. The molecule has 0 atom stereocenters. The highest BCUT2D eigenvalue weighted by Crippen LogP contribution is 2.35. The highest BCUT2D eigenvalue weighted by atomic mass is 32.2. The molecule has 2 fully saturated rings. The highest BCUT2D eigenvalue weighted by molar-refractivity contribution is 8.18. The van der Waals surface area contributed by atoms with E-state index in [1.54, 1.807) is 32.2 Å². The molecule has 6 nitrogen and oxygen atoms in total. The van der Waals surface area contributed by atoms with E-state index in [2.05, 4.69) is 35.0 Å². The average Bonchev–Trinajstić information content (AvgIpc) is 3.36. The summed E-state index contributed by atoms with van der Waals surface area (Å²) in [5.41, 5.74) is 4.71. The summed E-state index contributed by atoms with van der Waals surface area (Å²) < 4.78 is 0. The van der Waals surface area contributed by atoms with Crippen molar-refractivity contribution in [3.8, 4) is 0 Å². The number of carboxylic acids is 1. The fourth-order valence-corrected chi connectivity index (χ4v) is 4.84. The molecule has 2 aliphatic heterocycles. The van der Waals surface area contributed by atoms with Crippen molar-refractivity contribution in [1.29, 1.82) is 0 Å². The van der Waals surface area contributed by atoms with Crippen LogP contribution in [0.4, 0.5) is 11.4 Å². The van der Waals surface area contributed by atoms with Gasteiger partial charge in [-0.05, 0) is 85.5 Å². The smallest absolute Gasteiger partial charge is 0.336 e. The second kappa shape index (κ2) is 8.59. The molecular weight excluding hydrogens is 410 g/mol. The first-order valence-electron chi connectivity index (χ1n) is 10.3. The quantitative estimate of drug-likeness (QED) is 0.696. The van der Waals surface area contributed by atoms with E-state index in [1.165, 1.54) is 35.2 Å². The zero-order valence-corrected chi connectivity index (χ0v) is 18.7. The van der Waals surface area contributed by atoms with E-state index in [0.29, 0.717) is 21.3 Å². The SMILES string of the molecule is Cc1cc(N2CCCC2)ccc1/C=C1\SC(=Nc2cccc(C(=O)O)c2C)N(C)C1=O. The van der Waals surface area contributed by atoms with Crippen LogP contribution in [0, 0.1) is 13.8 Å². The van der Waals surface area contributed by atoms with Crippen LogP contribution in [-0.4, -0.2) is 47.2 Å². The maximum atomic E-state index is 12.8. The van der Waals surface area contributed by atoms with Crippen LogP contribution in [0.15, 0.2) is 46.3 Å². The lowest BCUT2D eigenvalue weighted by atomic mass is 10.1. The molecule has 1 N–H and O–H groups in total.